The Hall–Kier alpha value is -0.120. The summed E-state index contributed by atoms with van der Waals surface area (Å²) in [5.74, 6) is 0.873. The second kappa shape index (κ2) is 3.95. The number of halogens is 1. The van der Waals surface area contributed by atoms with E-state index in [0.29, 0.717) is 0 Å². The summed E-state index contributed by atoms with van der Waals surface area (Å²) in [6, 6.07) is 0. The zero-order valence-corrected chi connectivity index (χ0v) is 9.24. The van der Waals surface area contributed by atoms with Crippen molar-refractivity contribution < 1.29 is 0 Å². The second-order valence-electron chi connectivity index (χ2n) is 3.42. The standard InChI is InChI=1S/C9H13ClN2S/c1-11-4-2-3-8(5-11)9-6-13-7-12(9)10/h3,6H,2,4-5,7H2,1H3. The van der Waals surface area contributed by atoms with E-state index in [2.05, 4.69) is 23.4 Å². The molecule has 2 rings (SSSR count). The summed E-state index contributed by atoms with van der Waals surface area (Å²) in [6.45, 7) is 2.18. The molecule has 0 saturated carbocycles. The van der Waals surface area contributed by atoms with Gasteiger partial charge >= 0.3 is 0 Å². The van der Waals surface area contributed by atoms with Crippen molar-refractivity contribution >= 4 is 23.5 Å². The molecule has 2 nitrogen and oxygen atoms in total. The quantitative estimate of drug-likeness (QED) is 0.621. The van der Waals surface area contributed by atoms with Gasteiger partial charge in [-0.2, -0.15) is 0 Å². The van der Waals surface area contributed by atoms with Crippen LogP contribution < -0.4 is 0 Å². The van der Waals surface area contributed by atoms with Crippen LogP contribution >= 0.6 is 23.5 Å². The van der Waals surface area contributed by atoms with Gasteiger partial charge < -0.3 is 4.90 Å². The van der Waals surface area contributed by atoms with Gasteiger partial charge in [-0.05, 0) is 24.4 Å². The molecular formula is C9H13ClN2S. The molecule has 13 heavy (non-hydrogen) atoms. The minimum absolute atomic E-state index is 0.873. The van der Waals surface area contributed by atoms with Crippen LogP contribution in [0.3, 0.4) is 0 Å². The Morgan fingerprint density at radius 3 is 3.00 bits per heavy atom. The third-order valence-corrected chi connectivity index (χ3v) is 3.56. The van der Waals surface area contributed by atoms with Gasteiger partial charge in [-0.15, -0.1) is 11.8 Å². The Kier molecular flexibility index (Phi) is 2.86. The normalized spacial score (nSPS) is 24.6. The van der Waals surface area contributed by atoms with Gasteiger partial charge in [0.1, 0.15) is 0 Å². The molecule has 0 aromatic carbocycles. The molecule has 0 amide bonds. The van der Waals surface area contributed by atoms with Crippen LogP contribution in [0.2, 0.25) is 0 Å². The van der Waals surface area contributed by atoms with E-state index < -0.39 is 0 Å². The van der Waals surface area contributed by atoms with Crippen molar-refractivity contribution in [3.63, 3.8) is 0 Å². The Balaban J connectivity index is 2.12. The number of hydrogen-bond acceptors (Lipinski definition) is 3. The highest BCUT2D eigenvalue weighted by Crippen LogP contribution is 2.31. The molecule has 2 aliphatic heterocycles. The first-order chi connectivity index (χ1) is 6.27. The fraction of sp³-hybridized carbons (Fsp3) is 0.556. The van der Waals surface area contributed by atoms with E-state index in [0.717, 1.165) is 25.4 Å². The minimum atomic E-state index is 0.873. The van der Waals surface area contributed by atoms with E-state index in [-0.39, 0.29) is 0 Å². The lowest BCUT2D eigenvalue weighted by molar-refractivity contribution is 0.353. The van der Waals surface area contributed by atoms with Gasteiger partial charge in [0.05, 0.1) is 11.6 Å². The van der Waals surface area contributed by atoms with Crippen LogP contribution in [0.1, 0.15) is 6.42 Å². The van der Waals surface area contributed by atoms with Gasteiger partial charge in [0.2, 0.25) is 0 Å². The van der Waals surface area contributed by atoms with Crippen LogP contribution in [0.4, 0.5) is 0 Å². The maximum Gasteiger partial charge on any atom is 0.0845 e. The maximum atomic E-state index is 6.04. The summed E-state index contributed by atoms with van der Waals surface area (Å²) in [5.41, 5.74) is 2.56. The van der Waals surface area contributed by atoms with Gasteiger partial charge in [0, 0.05) is 24.9 Å². The van der Waals surface area contributed by atoms with Crippen LogP contribution in [-0.4, -0.2) is 35.3 Å². The molecule has 2 heterocycles. The molecular weight excluding hydrogens is 204 g/mol. The van der Waals surface area contributed by atoms with E-state index >= 15 is 0 Å². The molecule has 0 saturated heterocycles. The highest BCUT2D eigenvalue weighted by molar-refractivity contribution is 8.02. The average Bonchev–Trinajstić information content (AvgIpc) is 2.51. The SMILES string of the molecule is CN1CCC=C(C2=CSCN2Cl)C1. The molecule has 0 radical (unpaired) electrons. The topological polar surface area (TPSA) is 6.48 Å². The molecule has 0 aromatic rings. The van der Waals surface area contributed by atoms with E-state index in [4.69, 9.17) is 11.8 Å². The summed E-state index contributed by atoms with van der Waals surface area (Å²) < 4.78 is 1.80. The lowest BCUT2D eigenvalue weighted by Crippen LogP contribution is -2.27. The van der Waals surface area contributed by atoms with Gasteiger partial charge in [0.15, 0.2) is 0 Å². The van der Waals surface area contributed by atoms with Gasteiger partial charge in [0.25, 0.3) is 0 Å². The van der Waals surface area contributed by atoms with E-state index in [1.807, 2.05) is 0 Å². The van der Waals surface area contributed by atoms with Crippen molar-refractivity contribution in [2.24, 2.45) is 0 Å². The predicted octanol–water partition coefficient (Wildman–Crippen LogP) is 2.25. The first-order valence-corrected chi connectivity index (χ1v) is 5.79. The highest BCUT2D eigenvalue weighted by Gasteiger charge is 2.20. The molecule has 0 unspecified atom stereocenters. The number of likely N-dealkylation sites (N-methyl/N-ethyl adjacent to an activating group) is 1. The number of nitrogens with zero attached hydrogens (tertiary/aromatic N) is 2. The fourth-order valence-corrected chi connectivity index (χ4v) is 2.78. The summed E-state index contributed by atoms with van der Waals surface area (Å²) in [6.07, 6.45) is 3.44. The summed E-state index contributed by atoms with van der Waals surface area (Å²) >= 11 is 7.80. The van der Waals surface area contributed by atoms with Gasteiger partial charge in [-0.25, -0.2) is 0 Å². The molecule has 0 atom stereocenters. The Morgan fingerprint density at radius 2 is 2.38 bits per heavy atom. The average molecular weight is 217 g/mol. The monoisotopic (exact) mass is 216 g/mol. The van der Waals surface area contributed by atoms with Crippen LogP contribution in [-0.2, 0) is 0 Å². The van der Waals surface area contributed by atoms with Gasteiger partial charge in [-0.1, -0.05) is 6.08 Å². The molecule has 0 spiro atoms. The molecule has 0 N–H and O–H groups in total. The third kappa shape index (κ3) is 2.03. The Morgan fingerprint density at radius 1 is 1.54 bits per heavy atom. The predicted molar refractivity (Wildman–Crippen MR) is 58.4 cm³/mol. The fourth-order valence-electron chi connectivity index (χ4n) is 1.62. The van der Waals surface area contributed by atoms with Crippen molar-refractivity contribution in [3.8, 4) is 0 Å². The molecule has 2 aliphatic rings. The van der Waals surface area contributed by atoms with E-state index in [9.17, 15) is 0 Å². The van der Waals surface area contributed by atoms with Crippen molar-refractivity contribution in [1.82, 2.24) is 9.32 Å². The minimum Gasteiger partial charge on any atom is -0.302 e. The first kappa shape index (κ1) is 9.44. The van der Waals surface area contributed by atoms with E-state index in [1.165, 1.54) is 11.3 Å². The van der Waals surface area contributed by atoms with Crippen LogP contribution in [0.15, 0.2) is 22.8 Å². The van der Waals surface area contributed by atoms with E-state index in [1.54, 1.807) is 16.2 Å². The number of hydrogen-bond donors (Lipinski definition) is 0. The third-order valence-electron chi connectivity index (χ3n) is 2.32. The second-order valence-corrected chi connectivity index (χ2v) is 4.65. The molecule has 72 valence electrons. The summed E-state index contributed by atoms with van der Waals surface area (Å²) in [5, 5.41) is 2.15. The van der Waals surface area contributed by atoms with Crippen molar-refractivity contribution in [2.75, 3.05) is 26.0 Å². The zero-order chi connectivity index (χ0) is 9.26. The molecule has 4 heteroatoms. The Labute approximate surface area is 88.3 Å². The molecule has 0 aromatic heterocycles. The molecule has 0 aliphatic carbocycles. The van der Waals surface area contributed by atoms with Gasteiger partial charge in [-0.3, -0.25) is 4.42 Å². The lowest BCUT2D eigenvalue weighted by Gasteiger charge is -2.25. The van der Waals surface area contributed by atoms with Crippen molar-refractivity contribution in [1.29, 1.82) is 0 Å². The molecule has 0 fully saturated rings. The maximum absolute atomic E-state index is 6.04. The summed E-state index contributed by atoms with van der Waals surface area (Å²) in [7, 11) is 2.15. The first-order valence-electron chi connectivity index (χ1n) is 4.40. The largest absolute Gasteiger partial charge is 0.302 e. The van der Waals surface area contributed by atoms with Crippen molar-refractivity contribution in [3.05, 3.63) is 22.8 Å². The molecule has 0 bridgehead atoms. The van der Waals surface area contributed by atoms with Crippen LogP contribution in [0.5, 0.6) is 0 Å². The van der Waals surface area contributed by atoms with Crippen molar-refractivity contribution in [2.45, 2.75) is 6.42 Å². The van der Waals surface area contributed by atoms with Crippen LogP contribution in [0.25, 0.3) is 0 Å². The number of thioether (sulfide) groups is 1. The summed E-state index contributed by atoms with van der Waals surface area (Å²) in [4.78, 5) is 2.32. The smallest absolute Gasteiger partial charge is 0.0845 e. The lowest BCUT2D eigenvalue weighted by atomic mass is 10.1. The zero-order valence-electron chi connectivity index (χ0n) is 7.66. The highest BCUT2D eigenvalue weighted by atomic mass is 35.5. The van der Waals surface area contributed by atoms with Crippen LogP contribution in [0, 0.1) is 0 Å². The number of rotatable bonds is 1. The Bertz CT molecular complexity index is 262.